The Bertz CT molecular complexity index is 1150. The molecule has 10 heteroatoms. The Balaban J connectivity index is 1.24. The number of aromatic nitrogens is 2. The minimum absolute atomic E-state index is 0.0500. The van der Waals surface area contributed by atoms with E-state index in [4.69, 9.17) is 9.72 Å². The summed E-state index contributed by atoms with van der Waals surface area (Å²) in [5.74, 6) is -0.590. The summed E-state index contributed by atoms with van der Waals surface area (Å²) < 4.78 is 5.19. The van der Waals surface area contributed by atoms with Crippen LogP contribution in [-0.2, 0) is 27.2 Å². The van der Waals surface area contributed by atoms with Gasteiger partial charge in [0.25, 0.3) is 0 Å². The number of rotatable bonds is 8. The molecule has 1 saturated heterocycles. The van der Waals surface area contributed by atoms with Gasteiger partial charge in [0.05, 0.1) is 23.8 Å². The molecule has 10 nitrogen and oxygen atoms in total. The van der Waals surface area contributed by atoms with Crippen molar-refractivity contribution in [1.82, 2.24) is 14.9 Å². The predicted octanol–water partition coefficient (Wildman–Crippen LogP) is 2.55. The van der Waals surface area contributed by atoms with E-state index in [1.54, 1.807) is 17.0 Å². The zero-order valence-electron chi connectivity index (χ0n) is 19.5. The van der Waals surface area contributed by atoms with E-state index in [9.17, 15) is 19.5 Å². The molecule has 3 N–H and O–H groups in total. The predicted molar refractivity (Wildman–Crippen MR) is 127 cm³/mol. The van der Waals surface area contributed by atoms with Gasteiger partial charge in [-0.15, -0.1) is 0 Å². The average Bonchev–Trinajstić information content (AvgIpc) is 3.21. The van der Waals surface area contributed by atoms with E-state index in [0.717, 1.165) is 50.2 Å². The third-order valence-corrected chi connectivity index (χ3v) is 6.89. The van der Waals surface area contributed by atoms with Crippen LogP contribution in [0.4, 0.5) is 11.5 Å². The smallest absolute Gasteiger partial charge is 0.332 e. The third kappa shape index (κ3) is 5.06. The van der Waals surface area contributed by atoms with Crippen LogP contribution in [0.2, 0.25) is 0 Å². The fourth-order valence-corrected chi connectivity index (χ4v) is 5.08. The number of pyridine rings is 2. The van der Waals surface area contributed by atoms with Gasteiger partial charge in [-0.25, -0.2) is 14.8 Å². The van der Waals surface area contributed by atoms with E-state index >= 15 is 0 Å². The Morgan fingerprint density at radius 2 is 2.09 bits per heavy atom. The maximum Gasteiger partial charge on any atom is 0.332 e. The van der Waals surface area contributed by atoms with Crippen LogP contribution in [0.15, 0.2) is 24.3 Å². The Kier molecular flexibility index (Phi) is 6.52. The Labute approximate surface area is 203 Å². The highest BCUT2D eigenvalue weighted by Gasteiger charge is 2.38. The molecule has 0 bridgehead atoms. The number of aliphatic carboxylic acids is 1. The van der Waals surface area contributed by atoms with Crippen molar-refractivity contribution in [1.29, 1.82) is 0 Å². The SMILES string of the molecule is O=C(O)C[C@@H](c1ccc2c(n1)OC(=O)CN2)N1CCC(CCCc2ccc3c(n2)NCCC3)C1=O. The number of anilines is 2. The van der Waals surface area contributed by atoms with Gasteiger partial charge in [0.2, 0.25) is 11.8 Å². The van der Waals surface area contributed by atoms with Gasteiger partial charge in [-0.3, -0.25) is 9.59 Å². The lowest BCUT2D eigenvalue weighted by Crippen LogP contribution is -2.34. The standard InChI is InChI=1S/C25H29N5O5/c31-21(32)13-20(18-8-9-19-24(29-18)35-22(33)14-27-19)30-12-10-16(25(30)34)3-1-5-17-7-6-15-4-2-11-26-23(15)28-17/h6-9,16,20,27H,1-5,10-14H2,(H,26,28)(H,31,32)/t16?,20-/m0/s1. The van der Waals surface area contributed by atoms with E-state index in [0.29, 0.717) is 24.3 Å². The topological polar surface area (TPSA) is 134 Å². The van der Waals surface area contributed by atoms with Gasteiger partial charge in [0.1, 0.15) is 12.4 Å². The fraction of sp³-hybridized carbons (Fsp3) is 0.480. The number of carboxylic acid groups (broad SMARTS) is 1. The number of aryl methyl sites for hydroxylation is 2. The first-order chi connectivity index (χ1) is 17.0. The molecular formula is C25H29N5O5. The second kappa shape index (κ2) is 9.89. The normalized spacial score (nSPS) is 19.8. The first kappa shape index (κ1) is 23.1. The summed E-state index contributed by atoms with van der Waals surface area (Å²) in [5, 5.41) is 15.8. The van der Waals surface area contributed by atoms with E-state index in [1.807, 2.05) is 0 Å². The monoisotopic (exact) mass is 479 g/mol. The molecule has 184 valence electrons. The van der Waals surface area contributed by atoms with Gasteiger partial charge in [-0.05, 0) is 62.3 Å². The summed E-state index contributed by atoms with van der Waals surface area (Å²) in [6.07, 6.45) is 4.94. The van der Waals surface area contributed by atoms with Crippen molar-refractivity contribution in [2.45, 2.75) is 51.0 Å². The quantitative estimate of drug-likeness (QED) is 0.488. The van der Waals surface area contributed by atoms with Crippen LogP contribution in [0, 0.1) is 5.92 Å². The molecule has 5 heterocycles. The number of carboxylic acids is 1. The molecule has 1 amide bonds. The van der Waals surface area contributed by atoms with Gasteiger partial charge in [0, 0.05) is 24.7 Å². The summed E-state index contributed by atoms with van der Waals surface area (Å²) in [6.45, 7) is 1.47. The van der Waals surface area contributed by atoms with Crippen molar-refractivity contribution in [3.63, 3.8) is 0 Å². The third-order valence-electron chi connectivity index (χ3n) is 6.89. The highest BCUT2D eigenvalue weighted by Crippen LogP contribution is 2.35. The Hall–Kier alpha value is -3.69. The van der Waals surface area contributed by atoms with Gasteiger partial charge in [0.15, 0.2) is 0 Å². The minimum atomic E-state index is -1.02. The number of hydrogen-bond acceptors (Lipinski definition) is 8. The molecule has 1 unspecified atom stereocenters. The molecular weight excluding hydrogens is 450 g/mol. The molecule has 1 fully saturated rings. The van der Waals surface area contributed by atoms with Crippen LogP contribution in [0.3, 0.4) is 0 Å². The maximum absolute atomic E-state index is 13.3. The zero-order valence-corrected chi connectivity index (χ0v) is 19.5. The molecule has 2 aromatic heterocycles. The van der Waals surface area contributed by atoms with Crippen molar-refractivity contribution >= 4 is 29.4 Å². The van der Waals surface area contributed by atoms with Crippen LogP contribution in [0.1, 0.15) is 55.1 Å². The van der Waals surface area contributed by atoms with Crippen LogP contribution in [0.25, 0.3) is 0 Å². The summed E-state index contributed by atoms with van der Waals surface area (Å²) in [7, 11) is 0. The zero-order chi connectivity index (χ0) is 24.4. The van der Waals surface area contributed by atoms with E-state index in [2.05, 4.69) is 27.8 Å². The summed E-state index contributed by atoms with van der Waals surface area (Å²) in [5.41, 5.74) is 3.25. The lowest BCUT2D eigenvalue weighted by molar-refractivity contribution is -0.141. The molecule has 0 aromatic carbocycles. The number of nitrogens with zero attached hydrogens (tertiary/aromatic N) is 3. The lowest BCUT2D eigenvalue weighted by atomic mass is 9.99. The molecule has 2 aromatic rings. The van der Waals surface area contributed by atoms with Crippen molar-refractivity contribution in [3.05, 3.63) is 41.2 Å². The number of esters is 1. The second-order valence-corrected chi connectivity index (χ2v) is 9.28. The molecule has 0 spiro atoms. The largest absolute Gasteiger partial charge is 0.481 e. The number of carbonyl (C=O) groups is 3. The molecule has 0 saturated carbocycles. The first-order valence-corrected chi connectivity index (χ1v) is 12.2. The van der Waals surface area contributed by atoms with Crippen molar-refractivity contribution in [2.75, 3.05) is 30.3 Å². The number of carbonyl (C=O) groups excluding carboxylic acids is 2. The minimum Gasteiger partial charge on any atom is -0.481 e. The Morgan fingerprint density at radius 3 is 2.94 bits per heavy atom. The van der Waals surface area contributed by atoms with Gasteiger partial charge >= 0.3 is 11.9 Å². The summed E-state index contributed by atoms with van der Waals surface area (Å²) in [4.78, 5) is 47.2. The molecule has 2 atom stereocenters. The fourth-order valence-electron chi connectivity index (χ4n) is 5.08. The number of amides is 1. The van der Waals surface area contributed by atoms with Gasteiger partial charge < -0.3 is 25.4 Å². The number of nitrogens with one attached hydrogen (secondary N) is 2. The van der Waals surface area contributed by atoms with Gasteiger partial charge in [-0.1, -0.05) is 6.07 Å². The molecule has 3 aliphatic heterocycles. The van der Waals surface area contributed by atoms with E-state index in [-0.39, 0.29) is 30.7 Å². The second-order valence-electron chi connectivity index (χ2n) is 9.28. The number of hydrogen-bond donors (Lipinski definition) is 3. The van der Waals surface area contributed by atoms with Crippen molar-refractivity contribution in [3.8, 4) is 5.88 Å². The molecule has 5 rings (SSSR count). The van der Waals surface area contributed by atoms with Gasteiger partial charge in [-0.2, -0.15) is 0 Å². The van der Waals surface area contributed by atoms with E-state index < -0.39 is 18.0 Å². The molecule has 0 aliphatic carbocycles. The van der Waals surface area contributed by atoms with Crippen LogP contribution >= 0.6 is 0 Å². The molecule has 3 aliphatic rings. The number of likely N-dealkylation sites (tertiary alicyclic amines) is 1. The van der Waals surface area contributed by atoms with Crippen LogP contribution in [0.5, 0.6) is 5.88 Å². The van der Waals surface area contributed by atoms with Crippen molar-refractivity contribution in [2.24, 2.45) is 5.92 Å². The average molecular weight is 480 g/mol. The highest BCUT2D eigenvalue weighted by molar-refractivity contribution is 5.83. The first-order valence-electron chi connectivity index (χ1n) is 12.2. The van der Waals surface area contributed by atoms with E-state index in [1.165, 1.54) is 5.56 Å². The molecule has 35 heavy (non-hydrogen) atoms. The number of fused-ring (bicyclic) bond motifs is 2. The summed E-state index contributed by atoms with van der Waals surface area (Å²) >= 11 is 0. The van der Waals surface area contributed by atoms with Crippen LogP contribution < -0.4 is 15.4 Å². The summed E-state index contributed by atoms with van der Waals surface area (Å²) in [6, 6.07) is 6.89. The molecule has 0 radical (unpaired) electrons. The van der Waals surface area contributed by atoms with Crippen LogP contribution in [-0.4, -0.2) is 57.5 Å². The van der Waals surface area contributed by atoms with Crippen molar-refractivity contribution < 1.29 is 24.2 Å². The number of ether oxygens (including phenoxy) is 1. The highest BCUT2D eigenvalue weighted by atomic mass is 16.5. The maximum atomic E-state index is 13.3. The lowest BCUT2D eigenvalue weighted by Gasteiger charge is -2.28. The Morgan fingerprint density at radius 1 is 1.20 bits per heavy atom.